The summed E-state index contributed by atoms with van der Waals surface area (Å²) in [6.45, 7) is 14.9. The predicted molar refractivity (Wildman–Crippen MR) is 90.7 cm³/mol. The van der Waals surface area contributed by atoms with Gasteiger partial charge in [-0.3, -0.25) is 14.6 Å². The molecule has 2 heterocycles. The number of amides is 1. The average molecular weight is 310 g/mol. The van der Waals surface area contributed by atoms with Crippen molar-refractivity contribution in [3.05, 3.63) is 0 Å². The van der Waals surface area contributed by atoms with E-state index in [9.17, 15) is 4.79 Å². The average Bonchev–Trinajstić information content (AvgIpc) is 2.83. The van der Waals surface area contributed by atoms with Crippen LogP contribution in [0, 0.1) is 5.41 Å². The molecular formula is C17H34N4O. The van der Waals surface area contributed by atoms with Crippen molar-refractivity contribution in [3.63, 3.8) is 0 Å². The van der Waals surface area contributed by atoms with Gasteiger partial charge in [0.05, 0.1) is 5.41 Å². The van der Waals surface area contributed by atoms with Gasteiger partial charge in [-0.1, -0.05) is 0 Å². The van der Waals surface area contributed by atoms with Gasteiger partial charge in [-0.25, -0.2) is 0 Å². The van der Waals surface area contributed by atoms with Crippen LogP contribution in [0.25, 0.3) is 0 Å². The van der Waals surface area contributed by atoms with Crippen molar-refractivity contribution < 1.29 is 4.79 Å². The van der Waals surface area contributed by atoms with Crippen LogP contribution >= 0.6 is 0 Å². The number of carbonyl (C=O) groups excluding carboxylic acids is 1. The molecule has 2 aliphatic heterocycles. The van der Waals surface area contributed by atoms with Gasteiger partial charge >= 0.3 is 0 Å². The number of nitrogens with two attached hydrogens (primary N) is 1. The van der Waals surface area contributed by atoms with E-state index in [1.807, 2.05) is 18.7 Å². The predicted octanol–water partition coefficient (Wildman–Crippen LogP) is 0.988. The smallest absolute Gasteiger partial charge is 0.229 e. The number of rotatable bonds is 5. The van der Waals surface area contributed by atoms with Gasteiger partial charge in [-0.2, -0.15) is 0 Å². The summed E-state index contributed by atoms with van der Waals surface area (Å²) in [7, 11) is 0. The lowest BCUT2D eigenvalue weighted by molar-refractivity contribution is -0.141. The van der Waals surface area contributed by atoms with E-state index >= 15 is 0 Å². The zero-order chi connectivity index (χ0) is 16.3. The summed E-state index contributed by atoms with van der Waals surface area (Å²) in [5.74, 6) is 0.205. The van der Waals surface area contributed by atoms with Crippen molar-refractivity contribution in [2.75, 3.05) is 45.8 Å². The Morgan fingerprint density at radius 3 is 2.09 bits per heavy atom. The van der Waals surface area contributed by atoms with Crippen molar-refractivity contribution in [1.82, 2.24) is 14.7 Å². The molecule has 0 saturated carbocycles. The Hall–Kier alpha value is -0.650. The molecule has 2 fully saturated rings. The second-order valence-electron chi connectivity index (χ2n) is 7.74. The highest BCUT2D eigenvalue weighted by Gasteiger charge is 2.33. The lowest BCUT2D eigenvalue weighted by atomic mass is 9.91. The lowest BCUT2D eigenvalue weighted by Gasteiger charge is -2.39. The molecule has 2 aliphatic rings. The fraction of sp³-hybridized carbons (Fsp3) is 0.941. The Morgan fingerprint density at radius 1 is 1.05 bits per heavy atom. The van der Waals surface area contributed by atoms with E-state index in [2.05, 4.69) is 23.6 Å². The topological polar surface area (TPSA) is 52.8 Å². The van der Waals surface area contributed by atoms with Gasteiger partial charge in [-0.15, -0.1) is 0 Å². The standard InChI is InChI=1S/C17H34N4O/c1-14-5-6-15(2)21(14)12-9-19-7-10-20(11-8-19)16(22)17(3,4)13-18/h14-15H,5-13,18H2,1-4H3. The number of hydrogen-bond acceptors (Lipinski definition) is 4. The van der Waals surface area contributed by atoms with E-state index in [4.69, 9.17) is 5.73 Å². The minimum atomic E-state index is -0.428. The summed E-state index contributed by atoms with van der Waals surface area (Å²) >= 11 is 0. The van der Waals surface area contributed by atoms with Gasteiger partial charge in [0.2, 0.25) is 5.91 Å². The zero-order valence-electron chi connectivity index (χ0n) is 14.8. The third-order valence-corrected chi connectivity index (χ3v) is 5.56. The molecule has 5 nitrogen and oxygen atoms in total. The number of piperazine rings is 1. The van der Waals surface area contributed by atoms with Crippen molar-refractivity contribution in [1.29, 1.82) is 0 Å². The maximum Gasteiger partial charge on any atom is 0.229 e. The molecule has 128 valence electrons. The van der Waals surface area contributed by atoms with Gasteiger partial charge in [0.15, 0.2) is 0 Å². The molecule has 0 spiro atoms. The Balaban J connectivity index is 1.74. The SMILES string of the molecule is CC1CCC(C)N1CCN1CCN(C(=O)C(C)(C)CN)CC1. The van der Waals surface area contributed by atoms with E-state index in [1.165, 1.54) is 12.8 Å². The Morgan fingerprint density at radius 2 is 1.59 bits per heavy atom. The highest BCUT2D eigenvalue weighted by molar-refractivity contribution is 5.82. The molecule has 0 aromatic heterocycles. The maximum absolute atomic E-state index is 12.4. The number of carbonyl (C=O) groups is 1. The van der Waals surface area contributed by atoms with Crippen LogP contribution in [0.2, 0.25) is 0 Å². The van der Waals surface area contributed by atoms with E-state index in [1.54, 1.807) is 0 Å². The molecule has 0 aliphatic carbocycles. The first-order valence-electron chi connectivity index (χ1n) is 8.82. The van der Waals surface area contributed by atoms with Crippen LogP contribution in [0.3, 0.4) is 0 Å². The Kier molecular flexibility index (Phi) is 5.86. The van der Waals surface area contributed by atoms with Crippen LogP contribution in [0.5, 0.6) is 0 Å². The fourth-order valence-electron chi connectivity index (χ4n) is 3.64. The van der Waals surface area contributed by atoms with E-state index in [0.717, 1.165) is 51.4 Å². The van der Waals surface area contributed by atoms with Gasteiger partial charge in [0.1, 0.15) is 0 Å². The molecule has 22 heavy (non-hydrogen) atoms. The third kappa shape index (κ3) is 4.00. The summed E-state index contributed by atoms with van der Waals surface area (Å²) in [4.78, 5) is 19.6. The number of likely N-dealkylation sites (tertiary alicyclic amines) is 1. The maximum atomic E-state index is 12.4. The quantitative estimate of drug-likeness (QED) is 0.823. The summed E-state index contributed by atoms with van der Waals surface area (Å²) in [6, 6.07) is 1.45. The lowest BCUT2D eigenvalue weighted by Crippen LogP contribution is -2.54. The molecule has 0 aromatic rings. The first-order chi connectivity index (χ1) is 10.3. The summed E-state index contributed by atoms with van der Waals surface area (Å²) in [5, 5.41) is 0. The third-order valence-electron chi connectivity index (χ3n) is 5.56. The molecule has 2 N–H and O–H groups in total. The van der Waals surface area contributed by atoms with Gasteiger partial charge in [0, 0.05) is 57.9 Å². The van der Waals surface area contributed by atoms with Crippen LogP contribution < -0.4 is 5.73 Å². The molecule has 1 amide bonds. The molecule has 5 heteroatoms. The summed E-state index contributed by atoms with van der Waals surface area (Å²) in [5.41, 5.74) is 5.29. The first kappa shape index (κ1) is 17.7. The Labute approximate surface area is 135 Å². The minimum absolute atomic E-state index is 0.205. The van der Waals surface area contributed by atoms with E-state index in [0.29, 0.717) is 6.54 Å². The number of hydrogen-bond donors (Lipinski definition) is 1. The normalized spacial score (nSPS) is 28.3. The van der Waals surface area contributed by atoms with Crippen LogP contribution in [-0.2, 0) is 4.79 Å². The van der Waals surface area contributed by atoms with E-state index < -0.39 is 5.41 Å². The zero-order valence-corrected chi connectivity index (χ0v) is 14.8. The molecular weight excluding hydrogens is 276 g/mol. The Bertz CT molecular complexity index is 367. The van der Waals surface area contributed by atoms with Crippen molar-refractivity contribution in [3.8, 4) is 0 Å². The van der Waals surface area contributed by atoms with Gasteiger partial charge in [0.25, 0.3) is 0 Å². The van der Waals surface area contributed by atoms with Crippen LogP contribution in [0.1, 0.15) is 40.5 Å². The van der Waals surface area contributed by atoms with E-state index in [-0.39, 0.29) is 5.91 Å². The van der Waals surface area contributed by atoms with Crippen molar-refractivity contribution >= 4 is 5.91 Å². The van der Waals surface area contributed by atoms with Crippen LogP contribution in [0.4, 0.5) is 0 Å². The molecule has 2 saturated heterocycles. The molecule has 0 aromatic carbocycles. The largest absolute Gasteiger partial charge is 0.340 e. The second-order valence-corrected chi connectivity index (χ2v) is 7.74. The highest BCUT2D eigenvalue weighted by atomic mass is 16.2. The first-order valence-corrected chi connectivity index (χ1v) is 8.82. The van der Waals surface area contributed by atoms with Gasteiger partial charge < -0.3 is 10.6 Å². The van der Waals surface area contributed by atoms with Crippen molar-refractivity contribution in [2.24, 2.45) is 11.1 Å². The molecule has 2 atom stereocenters. The molecule has 0 radical (unpaired) electrons. The molecule has 0 bridgehead atoms. The van der Waals surface area contributed by atoms with Crippen molar-refractivity contribution in [2.45, 2.75) is 52.6 Å². The van der Waals surface area contributed by atoms with Crippen LogP contribution in [0.15, 0.2) is 0 Å². The minimum Gasteiger partial charge on any atom is -0.340 e. The fourth-order valence-corrected chi connectivity index (χ4v) is 3.64. The van der Waals surface area contributed by atoms with Crippen LogP contribution in [-0.4, -0.2) is 78.5 Å². The summed E-state index contributed by atoms with van der Waals surface area (Å²) < 4.78 is 0. The molecule has 2 rings (SSSR count). The molecule has 2 unspecified atom stereocenters. The van der Waals surface area contributed by atoms with Gasteiger partial charge in [-0.05, 0) is 40.5 Å². The monoisotopic (exact) mass is 310 g/mol. The second kappa shape index (κ2) is 7.28. The number of nitrogens with zero attached hydrogens (tertiary/aromatic N) is 3. The highest BCUT2D eigenvalue weighted by Crippen LogP contribution is 2.23. The summed E-state index contributed by atoms with van der Waals surface area (Å²) in [6.07, 6.45) is 2.66.